The third-order valence-electron chi connectivity index (χ3n) is 3.05. The van der Waals surface area contributed by atoms with Crippen LogP contribution in [0, 0.1) is 11.6 Å². The second-order valence-corrected chi connectivity index (χ2v) is 4.45. The maximum Gasteiger partial charge on any atom is 0.134 e. The molecule has 108 valence electrons. The second kappa shape index (κ2) is 6.52. The van der Waals surface area contributed by atoms with Gasteiger partial charge in [-0.25, -0.2) is 8.78 Å². The number of methoxy groups -OCH3 is 1. The summed E-state index contributed by atoms with van der Waals surface area (Å²) in [5.74, 6) is -1.13. The number of benzene rings is 1. The highest BCUT2D eigenvalue weighted by Gasteiger charge is 2.23. The predicted molar refractivity (Wildman–Crippen MR) is 71.8 cm³/mol. The lowest BCUT2D eigenvalue weighted by atomic mass is 9.99. The van der Waals surface area contributed by atoms with Crippen molar-refractivity contribution in [1.82, 2.24) is 5.32 Å². The molecule has 1 heterocycles. The van der Waals surface area contributed by atoms with Gasteiger partial charge in [0.1, 0.15) is 17.4 Å². The Morgan fingerprint density at radius 2 is 2.00 bits per heavy atom. The van der Waals surface area contributed by atoms with Crippen molar-refractivity contribution >= 4 is 0 Å². The zero-order chi connectivity index (χ0) is 14.5. The normalized spacial score (nSPS) is 12.4. The van der Waals surface area contributed by atoms with Gasteiger partial charge >= 0.3 is 0 Å². The lowest BCUT2D eigenvalue weighted by Gasteiger charge is -2.19. The van der Waals surface area contributed by atoms with Gasteiger partial charge in [0.15, 0.2) is 0 Å². The molecule has 0 aliphatic rings. The van der Waals surface area contributed by atoms with Crippen molar-refractivity contribution < 1.29 is 17.9 Å². The molecule has 0 radical (unpaired) electrons. The minimum Gasteiger partial charge on any atom is -0.497 e. The van der Waals surface area contributed by atoms with Crippen molar-refractivity contribution in [3.05, 3.63) is 53.5 Å². The third kappa shape index (κ3) is 2.99. The molecule has 0 spiro atoms. The first-order valence-corrected chi connectivity index (χ1v) is 6.45. The van der Waals surface area contributed by atoms with Gasteiger partial charge in [-0.1, -0.05) is 6.92 Å². The second-order valence-electron chi connectivity index (χ2n) is 4.45. The van der Waals surface area contributed by atoms with Crippen LogP contribution in [0.3, 0.4) is 0 Å². The van der Waals surface area contributed by atoms with Crippen LogP contribution in [0.4, 0.5) is 8.78 Å². The van der Waals surface area contributed by atoms with E-state index in [1.54, 1.807) is 6.07 Å². The molecule has 0 saturated heterocycles. The van der Waals surface area contributed by atoms with Gasteiger partial charge in [0.2, 0.25) is 0 Å². The Bertz CT molecular complexity index is 532. The Balaban J connectivity index is 2.43. The molecule has 20 heavy (non-hydrogen) atoms. The van der Waals surface area contributed by atoms with Gasteiger partial charge in [0.05, 0.1) is 25.7 Å². The summed E-state index contributed by atoms with van der Waals surface area (Å²) in [6, 6.07) is 3.47. The summed E-state index contributed by atoms with van der Waals surface area (Å²) in [6.07, 6.45) is 3.82. The lowest BCUT2D eigenvalue weighted by Crippen LogP contribution is -2.24. The van der Waals surface area contributed by atoms with Crippen LogP contribution in [-0.4, -0.2) is 13.7 Å². The topological polar surface area (TPSA) is 34.4 Å². The largest absolute Gasteiger partial charge is 0.497 e. The zero-order valence-electron chi connectivity index (χ0n) is 11.5. The quantitative estimate of drug-likeness (QED) is 0.877. The van der Waals surface area contributed by atoms with Crippen LogP contribution in [0.2, 0.25) is 0 Å². The zero-order valence-corrected chi connectivity index (χ0v) is 11.5. The fourth-order valence-corrected chi connectivity index (χ4v) is 2.07. The van der Waals surface area contributed by atoms with Crippen LogP contribution in [0.25, 0.3) is 0 Å². The summed E-state index contributed by atoms with van der Waals surface area (Å²) >= 11 is 0. The first-order chi connectivity index (χ1) is 9.67. The van der Waals surface area contributed by atoms with Gasteiger partial charge in [-0.2, -0.15) is 0 Å². The molecule has 1 atom stereocenters. The highest BCUT2D eigenvalue weighted by molar-refractivity contribution is 5.37. The molecule has 3 nitrogen and oxygen atoms in total. The van der Waals surface area contributed by atoms with E-state index in [1.807, 2.05) is 6.92 Å². The van der Waals surface area contributed by atoms with Crippen molar-refractivity contribution in [2.24, 2.45) is 0 Å². The van der Waals surface area contributed by atoms with Crippen LogP contribution < -0.4 is 10.1 Å². The van der Waals surface area contributed by atoms with E-state index in [9.17, 15) is 8.78 Å². The van der Waals surface area contributed by atoms with E-state index >= 15 is 0 Å². The van der Waals surface area contributed by atoms with Gasteiger partial charge in [0.25, 0.3) is 0 Å². The highest BCUT2D eigenvalue weighted by Crippen LogP contribution is 2.30. The smallest absolute Gasteiger partial charge is 0.134 e. The maximum atomic E-state index is 14.2. The number of rotatable bonds is 6. The average molecular weight is 281 g/mol. The van der Waals surface area contributed by atoms with E-state index in [0.717, 1.165) is 6.42 Å². The molecule has 0 aliphatic heterocycles. The molecule has 1 N–H and O–H groups in total. The number of hydrogen-bond acceptors (Lipinski definition) is 3. The Morgan fingerprint density at radius 1 is 1.30 bits per heavy atom. The van der Waals surface area contributed by atoms with E-state index in [1.165, 1.54) is 31.8 Å². The molecule has 1 aromatic heterocycles. The molecule has 5 heteroatoms. The van der Waals surface area contributed by atoms with E-state index in [-0.39, 0.29) is 11.3 Å². The molecule has 0 aliphatic carbocycles. The number of halogens is 2. The lowest BCUT2D eigenvalue weighted by molar-refractivity contribution is 0.402. The number of furan rings is 1. The summed E-state index contributed by atoms with van der Waals surface area (Å²) < 4.78 is 38.2. The molecule has 0 saturated carbocycles. The summed E-state index contributed by atoms with van der Waals surface area (Å²) in [5, 5.41) is 3.13. The minimum absolute atomic E-state index is 0.0272. The number of hydrogen-bond donors (Lipinski definition) is 1. The average Bonchev–Trinajstić information content (AvgIpc) is 2.95. The molecule has 1 unspecified atom stereocenters. The summed E-state index contributed by atoms with van der Waals surface area (Å²) in [5.41, 5.74) is 0.655. The van der Waals surface area contributed by atoms with Crippen LogP contribution in [-0.2, 0) is 0 Å². The number of ether oxygens (including phenoxy) is 1. The van der Waals surface area contributed by atoms with Crippen LogP contribution in [0.5, 0.6) is 5.75 Å². The van der Waals surface area contributed by atoms with Gasteiger partial charge in [-0.15, -0.1) is 0 Å². The molecule has 2 aromatic rings. The van der Waals surface area contributed by atoms with Gasteiger partial charge in [-0.05, 0) is 19.0 Å². The standard InChI is InChI=1S/C15H17F2NO2/c1-3-5-18-15(10-4-6-20-9-10)14-12(16)7-11(19-2)8-13(14)17/h4,6-9,15,18H,3,5H2,1-2H3. The van der Waals surface area contributed by atoms with Crippen molar-refractivity contribution in [3.63, 3.8) is 0 Å². The molecule has 0 amide bonds. The summed E-state index contributed by atoms with van der Waals surface area (Å²) in [4.78, 5) is 0. The Labute approximate surface area is 116 Å². The predicted octanol–water partition coefficient (Wildman–Crippen LogP) is 3.66. The maximum absolute atomic E-state index is 14.2. The fourth-order valence-electron chi connectivity index (χ4n) is 2.07. The molecule has 0 bridgehead atoms. The monoisotopic (exact) mass is 281 g/mol. The first kappa shape index (κ1) is 14.5. The molecule has 1 aromatic carbocycles. The Kier molecular flexibility index (Phi) is 4.74. The van der Waals surface area contributed by atoms with Gasteiger partial charge in [-0.3, -0.25) is 0 Å². The summed E-state index contributed by atoms with van der Waals surface area (Å²) in [7, 11) is 1.37. The van der Waals surface area contributed by atoms with Gasteiger partial charge < -0.3 is 14.5 Å². The van der Waals surface area contributed by atoms with E-state index in [2.05, 4.69) is 5.32 Å². The fraction of sp³-hybridized carbons (Fsp3) is 0.333. The summed E-state index contributed by atoms with van der Waals surface area (Å²) in [6.45, 7) is 2.63. The SMILES string of the molecule is CCCNC(c1ccoc1)c1c(F)cc(OC)cc1F. The minimum atomic E-state index is -0.642. The molecule has 0 fully saturated rings. The van der Waals surface area contributed by atoms with Crippen LogP contribution >= 0.6 is 0 Å². The molecule has 2 rings (SSSR count). The van der Waals surface area contributed by atoms with Crippen LogP contribution in [0.1, 0.15) is 30.5 Å². The van der Waals surface area contributed by atoms with Gasteiger partial charge in [0, 0.05) is 23.3 Å². The van der Waals surface area contributed by atoms with E-state index < -0.39 is 17.7 Å². The molecular weight excluding hydrogens is 264 g/mol. The number of nitrogens with one attached hydrogen (secondary N) is 1. The first-order valence-electron chi connectivity index (χ1n) is 6.45. The van der Waals surface area contributed by atoms with E-state index in [0.29, 0.717) is 12.1 Å². The highest BCUT2D eigenvalue weighted by atomic mass is 19.1. The third-order valence-corrected chi connectivity index (χ3v) is 3.05. The Hall–Kier alpha value is -1.88. The Morgan fingerprint density at radius 3 is 2.50 bits per heavy atom. The molecular formula is C15H17F2NO2. The van der Waals surface area contributed by atoms with Crippen molar-refractivity contribution in [2.75, 3.05) is 13.7 Å². The van der Waals surface area contributed by atoms with Crippen molar-refractivity contribution in [2.45, 2.75) is 19.4 Å². The van der Waals surface area contributed by atoms with E-state index in [4.69, 9.17) is 9.15 Å². The van der Waals surface area contributed by atoms with Crippen LogP contribution in [0.15, 0.2) is 35.1 Å². The van der Waals surface area contributed by atoms with Crippen molar-refractivity contribution in [3.8, 4) is 5.75 Å². The van der Waals surface area contributed by atoms with Crippen molar-refractivity contribution in [1.29, 1.82) is 0 Å².